The SMILES string of the molecule is CCOCCc1ccc(S(=O)(=O)C(C)(C)C(=O)NOC)cc1. The Morgan fingerprint density at radius 1 is 1.23 bits per heavy atom. The summed E-state index contributed by atoms with van der Waals surface area (Å²) in [7, 11) is -2.57. The highest BCUT2D eigenvalue weighted by atomic mass is 32.2. The third-order valence-electron chi connectivity index (χ3n) is 3.39. The Hall–Kier alpha value is -1.44. The standard InChI is InChI=1S/C15H23NO5S/c1-5-21-11-10-12-6-8-13(9-7-12)22(18,19)15(2,3)14(17)16-20-4/h6-9H,5,10-11H2,1-4H3,(H,16,17). The third-order valence-corrected chi connectivity index (χ3v) is 5.81. The molecule has 0 saturated heterocycles. The van der Waals surface area contributed by atoms with E-state index in [-0.39, 0.29) is 4.90 Å². The van der Waals surface area contributed by atoms with Gasteiger partial charge in [0, 0.05) is 6.61 Å². The fourth-order valence-electron chi connectivity index (χ4n) is 1.80. The highest BCUT2D eigenvalue weighted by Gasteiger charge is 2.42. The number of ether oxygens (including phenoxy) is 1. The van der Waals surface area contributed by atoms with Crippen LogP contribution >= 0.6 is 0 Å². The van der Waals surface area contributed by atoms with Crippen LogP contribution in [0.2, 0.25) is 0 Å². The van der Waals surface area contributed by atoms with Crippen molar-refractivity contribution in [3.8, 4) is 0 Å². The zero-order valence-corrected chi connectivity index (χ0v) is 14.2. The first-order chi connectivity index (χ1) is 10.3. The molecule has 1 aromatic rings. The second-order valence-electron chi connectivity index (χ2n) is 5.24. The van der Waals surface area contributed by atoms with Crippen LogP contribution in [-0.2, 0) is 30.6 Å². The van der Waals surface area contributed by atoms with E-state index in [9.17, 15) is 13.2 Å². The summed E-state index contributed by atoms with van der Waals surface area (Å²) >= 11 is 0. The molecule has 1 N–H and O–H groups in total. The monoisotopic (exact) mass is 329 g/mol. The summed E-state index contributed by atoms with van der Waals surface area (Å²) in [6.45, 7) is 5.85. The fraction of sp³-hybridized carbons (Fsp3) is 0.533. The first-order valence-electron chi connectivity index (χ1n) is 7.02. The van der Waals surface area contributed by atoms with E-state index in [2.05, 4.69) is 10.3 Å². The molecule has 0 spiro atoms. The van der Waals surface area contributed by atoms with Crippen LogP contribution in [0.25, 0.3) is 0 Å². The van der Waals surface area contributed by atoms with Gasteiger partial charge in [-0.2, -0.15) is 0 Å². The number of carbonyl (C=O) groups excluding carboxylic acids is 1. The summed E-state index contributed by atoms with van der Waals surface area (Å²) < 4.78 is 28.8. The van der Waals surface area contributed by atoms with Crippen molar-refractivity contribution in [3.05, 3.63) is 29.8 Å². The van der Waals surface area contributed by atoms with E-state index in [4.69, 9.17) is 4.74 Å². The van der Waals surface area contributed by atoms with Crippen LogP contribution in [0.4, 0.5) is 0 Å². The van der Waals surface area contributed by atoms with Gasteiger partial charge in [0.1, 0.15) is 0 Å². The lowest BCUT2D eigenvalue weighted by molar-refractivity contribution is -0.133. The van der Waals surface area contributed by atoms with Crippen molar-refractivity contribution < 1.29 is 22.8 Å². The maximum Gasteiger partial charge on any atom is 0.264 e. The minimum atomic E-state index is -3.83. The molecule has 0 fully saturated rings. The summed E-state index contributed by atoms with van der Waals surface area (Å²) in [5, 5.41) is 0. The maximum absolute atomic E-state index is 12.6. The highest BCUT2D eigenvalue weighted by Crippen LogP contribution is 2.26. The van der Waals surface area contributed by atoms with Crippen LogP contribution in [0.15, 0.2) is 29.2 Å². The van der Waals surface area contributed by atoms with Gasteiger partial charge in [-0.3, -0.25) is 9.63 Å². The molecule has 1 rings (SSSR count). The number of hydroxylamine groups is 1. The molecule has 0 heterocycles. The van der Waals surface area contributed by atoms with Gasteiger partial charge in [-0.15, -0.1) is 0 Å². The molecule has 124 valence electrons. The van der Waals surface area contributed by atoms with Crippen molar-refractivity contribution in [3.63, 3.8) is 0 Å². The van der Waals surface area contributed by atoms with E-state index in [1.165, 1.54) is 33.1 Å². The zero-order chi connectivity index (χ0) is 16.8. The van der Waals surface area contributed by atoms with Gasteiger partial charge in [0.15, 0.2) is 14.6 Å². The van der Waals surface area contributed by atoms with Crippen molar-refractivity contribution in [2.45, 2.75) is 36.8 Å². The predicted molar refractivity (Wildman–Crippen MR) is 83.1 cm³/mol. The Morgan fingerprint density at radius 3 is 2.32 bits per heavy atom. The number of hydrogen-bond donors (Lipinski definition) is 1. The second kappa shape index (κ2) is 7.71. The van der Waals surface area contributed by atoms with Gasteiger partial charge >= 0.3 is 0 Å². The fourth-order valence-corrected chi connectivity index (χ4v) is 3.17. The van der Waals surface area contributed by atoms with Crippen LogP contribution in [-0.4, -0.2) is 39.4 Å². The summed E-state index contributed by atoms with van der Waals surface area (Å²) in [6, 6.07) is 6.49. The molecule has 0 unspecified atom stereocenters. The van der Waals surface area contributed by atoms with E-state index < -0.39 is 20.5 Å². The molecule has 0 saturated carbocycles. The molecule has 0 atom stereocenters. The topological polar surface area (TPSA) is 81.7 Å². The summed E-state index contributed by atoms with van der Waals surface area (Å²) in [6.07, 6.45) is 0.710. The highest BCUT2D eigenvalue weighted by molar-refractivity contribution is 7.93. The largest absolute Gasteiger partial charge is 0.381 e. The quantitative estimate of drug-likeness (QED) is 0.577. The average molecular weight is 329 g/mol. The van der Waals surface area contributed by atoms with Crippen molar-refractivity contribution in [1.29, 1.82) is 0 Å². The van der Waals surface area contributed by atoms with Gasteiger partial charge in [0.2, 0.25) is 0 Å². The number of benzene rings is 1. The Kier molecular flexibility index (Phi) is 6.52. The summed E-state index contributed by atoms with van der Waals surface area (Å²) in [5.41, 5.74) is 3.05. The molecule has 6 nitrogen and oxygen atoms in total. The second-order valence-corrected chi connectivity index (χ2v) is 7.74. The first-order valence-corrected chi connectivity index (χ1v) is 8.50. The predicted octanol–water partition coefficient (Wildman–Crippen LogP) is 1.50. The van der Waals surface area contributed by atoms with E-state index in [0.717, 1.165) is 5.56 Å². The smallest absolute Gasteiger partial charge is 0.264 e. The average Bonchev–Trinajstić information content (AvgIpc) is 2.48. The normalized spacial score (nSPS) is 12.2. The van der Waals surface area contributed by atoms with Crippen molar-refractivity contribution in [1.82, 2.24) is 5.48 Å². The minimum absolute atomic E-state index is 0.101. The van der Waals surface area contributed by atoms with Crippen molar-refractivity contribution >= 4 is 15.7 Å². The number of hydrogen-bond acceptors (Lipinski definition) is 5. The van der Waals surface area contributed by atoms with Crippen LogP contribution in [0.1, 0.15) is 26.3 Å². The van der Waals surface area contributed by atoms with Gasteiger partial charge in [-0.25, -0.2) is 13.9 Å². The molecule has 1 amide bonds. The third kappa shape index (κ3) is 4.06. The lowest BCUT2D eigenvalue weighted by Crippen LogP contribution is -2.47. The summed E-state index contributed by atoms with van der Waals surface area (Å²) in [5.74, 6) is -0.713. The van der Waals surface area contributed by atoms with Crippen LogP contribution in [0, 0.1) is 0 Å². The number of nitrogens with one attached hydrogen (secondary N) is 1. The van der Waals surface area contributed by atoms with E-state index in [1.54, 1.807) is 12.1 Å². The lowest BCUT2D eigenvalue weighted by atomic mass is 10.2. The van der Waals surface area contributed by atoms with Gasteiger partial charge in [0.05, 0.1) is 18.6 Å². The van der Waals surface area contributed by atoms with Crippen molar-refractivity contribution in [2.24, 2.45) is 0 Å². The molecule has 0 aliphatic heterocycles. The first kappa shape index (κ1) is 18.6. The van der Waals surface area contributed by atoms with E-state index in [1.807, 2.05) is 6.92 Å². The molecular weight excluding hydrogens is 306 g/mol. The van der Waals surface area contributed by atoms with Gasteiger partial charge < -0.3 is 4.74 Å². The zero-order valence-electron chi connectivity index (χ0n) is 13.4. The van der Waals surface area contributed by atoms with E-state index >= 15 is 0 Å². The molecule has 1 aromatic carbocycles. The molecule has 0 aliphatic carbocycles. The Morgan fingerprint density at radius 2 is 1.82 bits per heavy atom. The van der Waals surface area contributed by atoms with Gasteiger partial charge in [0.25, 0.3) is 5.91 Å². The van der Waals surface area contributed by atoms with Crippen LogP contribution < -0.4 is 5.48 Å². The number of amides is 1. The number of sulfone groups is 1. The van der Waals surface area contributed by atoms with Crippen molar-refractivity contribution in [2.75, 3.05) is 20.3 Å². The summed E-state index contributed by atoms with van der Waals surface area (Å²) in [4.78, 5) is 16.5. The molecular formula is C15H23NO5S. The maximum atomic E-state index is 12.6. The van der Waals surface area contributed by atoms with Gasteiger partial charge in [-0.1, -0.05) is 12.1 Å². The molecule has 0 aromatic heterocycles. The Balaban J connectivity index is 2.96. The lowest BCUT2D eigenvalue weighted by Gasteiger charge is -2.23. The molecule has 22 heavy (non-hydrogen) atoms. The number of rotatable bonds is 8. The van der Waals surface area contributed by atoms with Gasteiger partial charge in [-0.05, 0) is 44.9 Å². The van der Waals surface area contributed by atoms with Crippen LogP contribution in [0.5, 0.6) is 0 Å². The van der Waals surface area contributed by atoms with E-state index in [0.29, 0.717) is 19.6 Å². The molecule has 0 bridgehead atoms. The minimum Gasteiger partial charge on any atom is -0.381 e. The van der Waals surface area contributed by atoms with Crippen LogP contribution in [0.3, 0.4) is 0 Å². The number of carbonyl (C=O) groups is 1. The molecule has 7 heteroatoms. The molecule has 0 aliphatic rings. The Labute approximate surface area is 131 Å². The molecule has 0 radical (unpaired) electrons. The Bertz CT molecular complexity index is 593.